The number of carbonyl (C=O) groups excluding carboxylic acids is 4. The fourth-order valence-corrected chi connectivity index (χ4v) is 4.79. The summed E-state index contributed by atoms with van der Waals surface area (Å²) in [5.41, 5.74) is -1.83. The van der Waals surface area contributed by atoms with Crippen molar-refractivity contribution in [3.63, 3.8) is 0 Å². The second kappa shape index (κ2) is 14.4. The molecule has 0 aromatic heterocycles. The number of ketones is 2. The molecule has 4 N–H and O–H groups in total. The minimum atomic E-state index is -0.704. The molecule has 0 saturated heterocycles. The van der Waals surface area contributed by atoms with Crippen LogP contribution < -0.4 is 21.3 Å². The molecular weight excluding hydrogens is 504 g/mol. The van der Waals surface area contributed by atoms with Crippen LogP contribution in [-0.4, -0.2) is 58.6 Å². The zero-order valence-corrected chi connectivity index (χ0v) is 28.5. The van der Waals surface area contributed by atoms with Gasteiger partial charge < -0.3 is 21.3 Å². The molecule has 5 atom stereocenters. The summed E-state index contributed by atoms with van der Waals surface area (Å²) in [6.07, 6.45) is 1.16. The fourth-order valence-electron chi connectivity index (χ4n) is 4.79. The average molecular weight is 567 g/mol. The van der Waals surface area contributed by atoms with Crippen LogP contribution in [-0.2, 0) is 19.2 Å². The smallest absolute Gasteiger partial charge is 0.237 e. The molecule has 0 aromatic rings. The van der Waals surface area contributed by atoms with Crippen LogP contribution in [0.25, 0.3) is 0 Å². The second-order valence-corrected chi connectivity index (χ2v) is 15.8. The van der Waals surface area contributed by atoms with Crippen molar-refractivity contribution in [2.45, 2.75) is 159 Å². The summed E-state index contributed by atoms with van der Waals surface area (Å²) in [6.45, 7) is 30.8. The Morgan fingerprint density at radius 2 is 0.950 bits per heavy atom. The van der Waals surface area contributed by atoms with Crippen LogP contribution >= 0.6 is 0 Å². The molecule has 0 bridgehead atoms. The number of carbonyl (C=O) groups is 4. The Balaban J connectivity index is 5.53. The zero-order valence-electron chi connectivity index (χ0n) is 28.5. The monoisotopic (exact) mass is 566 g/mol. The molecule has 8 nitrogen and oxygen atoms in total. The summed E-state index contributed by atoms with van der Waals surface area (Å²) in [5.74, 6) is -0.503. The maximum atomic E-state index is 13.5. The number of rotatable bonds is 14. The Kier molecular flexibility index (Phi) is 13.7. The van der Waals surface area contributed by atoms with E-state index in [0.717, 1.165) is 0 Å². The lowest BCUT2D eigenvalue weighted by Gasteiger charge is -2.35. The van der Waals surface area contributed by atoms with E-state index in [1.165, 1.54) is 0 Å². The highest BCUT2D eigenvalue weighted by molar-refractivity contribution is 5.94. The van der Waals surface area contributed by atoms with Gasteiger partial charge in [0.05, 0.1) is 24.2 Å². The van der Waals surface area contributed by atoms with E-state index < -0.39 is 35.0 Å². The van der Waals surface area contributed by atoms with Gasteiger partial charge in [0.1, 0.15) is 0 Å². The van der Waals surface area contributed by atoms with Crippen molar-refractivity contribution in [3.8, 4) is 0 Å². The summed E-state index contributed by atoms with van der Waals surface area (Å²) >= 11 is 0. The molecular formula is C32H62N4O4. The fraction of sp³-hybridized carbons (Fsp3) is 0.875. The van der Waals surface area contributed by atoms with Gasteiger partial charge in [0.2, 0.25) is 11.8 Å². The molecule has 0 aliphatic carbocycles. The van der Waals surface area contributed by atoms with Crippen LogP contribution in [0.3, 0.4) is 0 Å². The molecule has 0 aromatic carbocycles. The van der Waals surface area contributed by atoms with Crippen LogP contribution in [0.5, 0.6) is 0 Å². The number of amides is 2. The lowest BCUT2D eigenvalue weighted by molar-refractivity contribution is -0.134. The molecule has 0 aliphatic rings. The molecule has 8 heteroatoms. The third kappa shape index (κ3) is 13.2. The predicted molar refractivity (Wildman–Crippen MR) is 165 cm³/mol. The largest absolute Gasteiger partial charge is 0.345 e. The molecule has 0 spiro atoms. The molecule has 40 heavy (non-hydrogen) atoms. The highest BCUT2D eigenvalue weighted by Crippen LogP contribution is 2.29. The van der Waals surface area contributed by atoms with Gasteiger partial charge in [-0.15, -0.1) is 0 Å². The number of hydrogen-bond acceptors (Lipinski definition) is 6. The highest BCUT2D eigenvalue weighted by Gasteiger charge is 2.37. The van der Waals surface area contributed by atoms with Gasteiger partial charge in [-0.1, -0.05) is 55.4 Å². The maximum absolute atomic E-state index is 13.5. The summed E-state index contributed by atoms with van der Waals surface area (Å²) < 4.78 is 0. The van der Waals surface area contributed by atoms with Crippen molar-refractivity contribution in [2.75, 3.05) is 0 Å². The summed E-state index contributed by atoms with van der Waals surface area (Å²) in [4.78, 5) is 52.6. The Morgan fingerprint density at radius 1 is 0.575 bits per heavy atom. The summed E-state index contributed by atoms with van der Waals surface area (Å²) in [6, 6.07) is -2.19. The quantitative estimate of drug-likeness (QED) is 0.240. The molecule has 0 radical (unpaired) electrons. The average Bonchev–Trinajstić information content (AvgIpc) is 2.76. The van der Waals surface area contributed by atoms with E-state index in [-0.39, 0.29) is 46.3 Å². The minimum Gasteiger partial charge on any atom is -0.345 e. The van der Waals surface area contributed by atoms with Gasteiger partial charge in [-0.3, -0.25) is 19.2 Å². The molecule has 0 saturated carbocycles. The van der Waals surface area contributed by atoms with Gasteiger partial charge in [-0.2, -0.15) is 0 Å². The Morgan fingerprint density at radius 3 is 1.32 bits per heavy atom. The van der Waals surface area contributed by atoms with Crippen LogP contribution in [0.1, 0.15) is 124 Å². The van der Waals surface area contributed by atoms with Crippen molar-refractivity contribution < 1.29 is 19.2 Å². The normalized spacial score (nSPS) is 17.0. The van der Waals surface area contributed by atoms with Crippen LogP contribution in [0.4, 0.5) is 0 Å². The molecule has 0 rings (SSSR count). The van der Waals surface area contributed by atoms with Crippen molar-refractivity contribution in [2.24, 2.45) is 22.7 Å². The van der Waals surface area contributed by atoms with E-state index in [1.54, 1.807) is 13.8 Å². The number of nitrogens with one attached hydrogen (secondary N) is 4. The SMILES string of the molecule is CC(NC(=O)C(NC(C)(C)C)C(C)CCC(C)(C)C(=O)C(C)NC(=O)C(NC(C)(C)C)C(C)C)C(=O)C(C)(C)C. The molecule has 2 amide bonds. The molecule has 0 fully saturated rings. The zero-order chi connectivity index (χ0) is 32.0. The van der Waals surface area contributed by atoms with Gasteiger partial charge in [0.15, 0.2) is 11.6 Å². The predicted octanol–water partition coefficient (Wildman–Crippen LogP) is 4.79. The number of Topliss-reactive ketones (excluding diaryl/α,β-unsaturated/α-hetero) is 2. The van der Waals surface area contributed by atoms with Crippen LogP contribution in [0.2, 0.25) is 0 Å². The van der Waals surface area contributed by atoms with Crippen molar-refractivity contribution in [3.05, 3.63) is 0 Å². The lowest BCUT2D eigenvalue weighted by Crippen LogP contribution is -2.57. The van der Waals surface area contributed by atoms with Gasteiger partial charge in [-0.05, 0) is 80.1 Å². The van der Waals surface area contributed by atoms with Gasteiger partial charge >= 0.3 is 0 Å². The topological polar surface area (TPSA) is 116 Å². The molecule has 0 aliphatic heterocycles. The van der Waals surface area contributed by atoms with E-state index in [2.05, 4.69) is 21.3 Å². The first-order chi connectivity index (χ1) is 17.7. The van der Waals surface area contributed by atoms with Crippen molar-refractivity contribution in [1.82, 2.24) is 21.3 Å². The van der Waals surface area contributed by atoms with Gasteiger partial charge in [0.25, 0.3) is 0 Å². The Bertz CT molecular complexity index is 875. The third-order valence-electron chi connectivity index (χ3n) is 7.11. The first kappa shape index (κ1) is 38.2. The third-order valence-corrected chi connectivity index (χ3v) is 7.11. The second-order valence-electron chi connectivity index (χ2n) is 15.8. The lowest BCUT2D eigenvalue weighted by atomic mass is 9.77. The molecule has 5 unspecified atom stereocenters. The van der Waals surface area contributed by atoms with E-state index >= 15 is 0 Å². The Hall–Kier alpha value is -1.80. The first-order valence-corrected chi connectivity index (χ1v) is 14.9. The van der Waals surface area contributed by atoms with E-state index in [9.17, 15) is 19.2 Å². The van der Waals surface area contributed by atoms with Crippen molar-refractivity contribution in [1.29, 1.82) is 0 Å². The maximum Gasteiger partial charge on any atom is 0.237 e. The van der Waals surface area contributed by atoms with Gasteiger partial charge in [-0.25, -0.2) is 0 Å². The van der Waals surface area contributed by atoms with Crippen LogP contribution in [0, 0.1) is 22.7 Å². The van der Waals surface area contributed by atoms with E-state index in [0.29, 0.717) is 12.8 Å². The standard InChI is InChI=1S/C32H62N4O4/c1-19(2)23(35-30(9,10)11)27(39)34-22(5)26(38)32(15,16)18-17-20(3)24(36-31(12,13)14)28(40)33-21(4)25(37)29(6,7)8/h19-24,35-36H,17-18H2,1-16H3,(H,33,40)(H,34,39). The summed E-state index contributed by atoms with van der Waals surface area (Å²) in [5, 5.41) is 12.6. The van der Waals surface area contributed by atoms with E-state index in [1.807, 2.05) is 96.9 Å². The van der Waals surface area contributed by atoms with Gasteiger partial charge in [0, 0.05) is 21.9 Å². The first-order valence-electron chi connectivity index (χ1n) is 14.9. The van der Waals surface area contributed by atoms with Crippen LogP contribution in [0.15, 0.2) is 0 Å². The number of hydrogen-bond donors (Lipinski definition) is 4. The minimum absolute atomic E-state index is 0.0248. The molecule has 234 valence electrons. The summed E-state index contributed by atoms with van der Waals surface area (Å²) in [7, 11) is 0. The Labute approximate surface area is 245 Å². The van der Waals surface area contributed by atoms with E-state index in [4.69, 9.17) is 0 Å². The molecule has 0 heterocycles. The highest BCUT2D eigenvalue weighted by atomic mass is 16.2. The van der Waals surface area contributed by atoms with Crippen molar-refractivity contribution >= 4 is 23.4 Å².